The molecule has 170 valence electrons. The molecule has 3 amide bonds. The van der Waals surface area contributed by atoms with Crippen LogP contribution in [0.2, 0.25) is 0 Å². The molecule has 4 N–H and O–H groups in total. The van der Waals surface area contributed by atoms with Crippen molar-refractivity contribution in [2.45, 2.75) is 18.9 Å². The van der Waals surface area contributed by atoms with Crippen molar-refractivity contribution in [3.63, 3.8) is 0 Å². The summed E-state index contributed by atoms with van der Waals surface area (Å²) in [6.45, 7) is 1.14. The number of rotatable bonds is 7. The van der Waals surface area contributed by atoms with Crippen molar-refractivity contribution in [3.8, 4) is 23.0 Å². The molecule has 4 rings (SSSR count). The summed E-state index contributed by atoms with van der Waals surface area (Å²) in [5.41, 5.74) is 6.63. The fourth-order valence-electron chi connectivity index (χ4n) is 3.48. The van der Waals surface area contributed by atoms with Gasteiger partial charge in [-0.15, -0.1) is 0 Å². The highest BCUT2D eigenvalue weighted by Crippen LogP contribution is 2.32. The van der Waals surface area contributed by atoms with Crippen molar-refractivity contribution < 1.29 is 23.8 Å². The van der Waals surface area contributed by atoms with Crippen molar-refractivity contribution in [2.75, 3.05) is 18.5 Å². The van der Waals surface area contributed by atoms with Crippen LogP contribution in [0.1, 0.15) is 24.4 Å². The van der Waals surface area contributed by atoms with Crippen molar-refractivity contribution in [1.29, 1.82) is 0 Å². The molecule has 1 atom stereocenters. The quantitative estimate of drug-likeness (QED) is 0.498. The fraction of sp³-hybridized carbons (Fsp3) is 0.200. The van der Waals surface area contributed by atoms with Crippen molar-refractivity contribution in [2.24, 2.45) is 5.73 Å². The maximum absolute atomic E-state index is 12.8. The largest absolute Gasteiger partial charge is 0.490 e. The van der Waals surface area contributed by atoms with Gasteiger partial charge in [0, 0.05) is 18.2 Å². The zero-order valence-corrected chi connectivity index (χ0v) is 18.0. The van der Waals surface area contributed by atoms with E-state index >= 15 is 0 Å². The Bertz CT molecular complexity index is 1120. The Kier molecular flexibility index (Phi) is 6.94. The van der Waals surface area contributed by atoms with E-state index in [9.17, 15) is 9.59 Å². The molecule has 1 aliphatic heterocycles. The number of nitrogens with one attached hydrogen (secondary N) is 2. The number of primary amides is 1. The van der Waals surface area contributed by atoms with Crippen LogP contribution in [0.25, 0.3) is 0 Å². The van der Waals surface area contributed by atoms with Crippen LogP contribution in [0.5, 0.6) is 23.0 Å². The van der Waals surface area contributed by atoms with Gasteiger partial charge in [0.05, 0.1) is 25.7 Å². The molecule has 0 radical (unpaired) electrons. The summed E-state index contributed by atoms with van der Waals surface area (Å²) < 4.78 is 17.2. The van der Waals surface area contributed by atoms with E-state index in [1.807, 2.05) is 30.3 Å². The second kappa shape index (κ2) is 10.4. The SMILES string of the molecule is NC(=O)N[C@H](CC(=O)Nc1ccc2c(c1)OCCCO2)c1cccc(Oc2ccccc2)c1. The number of fused-ring (bicyclic) bond motifs is 1. The maximum Gasteiger partial charge on any atom is 0.312 e. The molecule has 0 saturated carbocycles. The van der Waals surface area contributed by atoms with Gasteiger partial charge in [0.1, 0.15) is 11.5 Å². The molecule has 0 fully saturated rings. The van der Waals surface area contributed by atoms with Crippen LogP contribution in [-0.4, -0.2) is 25.2 Å². The second-order valence-corrected chi connectivity index (χ2v) is 7.51. The van der Waals surface area contributed by atoms with Crippen LogP contribution < -0.4 is 30.6 Å². The lowest BCUT2D eigenvalue weighted by Gasteiger charge is -2.19. The Morgan fingerprint density at radius 1 is 0.909 bits per heavy atom. The smallest absolute Gasteiger partial charge is 0.312 e. The Morgan fingerprint density at radius 2 is 1.67 bits per heavy atom. The normalized spacial score (nSPS) is 13.3. The maximum atomic E-state index is 12.8. The van der Waals surface area contributed by atoms with Gasteiger partial charge in [-0.05, 0) is 42.0 Å². The minimum atomic E-state index is -0.724. The highest BCUT2D eigenvalue weighted by Gasteiger charge is 2.19. The summed E-state index contributed by atoms with van der Waals surface area (Å²) in [6, 6.07) is 20.4. The lowest BCUT2D eigenvalue weighted by atomic mass is 10.0. The van der Waals surface area contributed by atoms with Crippen LogP contribution in [0.15, 0.2) is 72.8 Å². The number of anilines is 1. The molecule has 0 spiro atoms. The monoisotopic (exact) mass is 447 g/mol. The standard InChI is InChI=1S/C25H25N3O5/c26-25(30)28-21(17-6-4-9-20(14-17)33-19-7-2-1-3-8-19)16-24(29)27-18-10-11-22-23(15-18)32-13-5-12-31-22/h1-4,6-11,14-15,21H,5,12-13,16H2,(H,27,29)(H3,26,28,30)/t21-/m1/s1. The zero-order chi connectivity index (χ0) is 23.0. The van der Waals surface area contributed by atoms with Crippen molar-refractivity contribution >= 4 is 17.6 Å². The number of hydrogen-bond donors (Lipinski definition) is 3. The molecular weight excluding hydrogens is 422 g/mol. The summed E-state index contributed by atoms with van der Waals surface area (Å²) in [6.07, 6.45) is 0.774. The molecule has 8 heteroatoms. The summed E-state index contributed by atoms with van der Waals surface area (Å²) >= 11 is 0. The summed E-state index contributed by atoms with van der Waals surface area (Å²) in [4.78, 5) is 24.4. The Hall–Kier alpha value is -4.20. The van der Waals surface area contributed by atoms with Crippen LogP contribution in [0, 0.1) is 0 Å². The van der Waals surface area contributed by atoms with E-state index in [-0.39, 0.29) is 12.3 Å². The molecule has 3 aromatic rings. The van der Waals surface area contributed by atoms with Crippen LogP contribution >= 0.6 is 0 Å². The predicted molar refractivity (Wildman–Crippen MR) is 124 cm³/mol. The van der Waals surface area contributed by atoms with Gasteiger partial charge in [-0.1, -0.05) is 30.3 Å². The molecule has 33 heavy (non-hydrogen) atoms. The molecule has 0 aromatic heterocycles. The van der Waals surface area contributed by atoms with E-state index in [4.69, 9.17) is 19.9 Å². The van der Waals surface area contributed by atoms with Gasteiger partial charge in [0.25, 0.3) is 0 Å². The van der Waals surface area contributed by atoms with Gasteiger partial charge in [0.15, 0.2) is 11.5 Å². The van der Waals surface area contributed by atoms with Crippen LogP contribution in [-0.2, 0) is 4.79 Å². The number of carbonyl (C=O) groups excluding carboxylic acids is 2. The fourth-order valence-corrected chi connectivity index (χ4v) is 3.48. The Morgan fingerprint density at radius 3 is 2.45 bits per heavy atom. The number of benzene rings is 3. The molecule has 8 nitrogen and oxygen atoms in total. The van der Waals surface area contributed by atoms with E-state index in [0.717, 1.165) is 6.42 Å². The van der Waals surface area contributed by atoms with Crippen LogP contribution in [0.4, 0.5) is 10.5 Å². The van der Waals surface area contributed by atoms with Gasteiger partial charge < -0.3 is 30.6 Å². The topological polar surface area (TPSA) is 112 Å². The first-order valence-electron chi connectivity index (χ1n) is 10.7. The number of urea groups is 1. The van der Waals surface area contributed by atoms with E-state index in [1.54, 1.807) is 42.5 Å². The van der Waals surface area contributed by atoms with Gasteiger partial charge in [-0.2, -0.15) is 0 Å². The number of ether oxygens (including phenoxy) is 3. The molecule has 1 aliphatic rings. The number of hydrogen-bond acceptors (Lipinski definition) is 5. The Balaban J connectivity index is 1.46. The highest BCUT2D eigenvalue weighted by molar-refractivity contribution is 5.92. The minimum absolute atomic E-state index is 0.0217. The number of para-hydroxylation sites is 1. The van der Waals surface area contributed by atoms with Crippen LogP contribution in [0.3, 0.4) is 0 Å². The summed E-state index contributed by atoms with van der Waals surface area (Å²) in [5, 5.41) is 5.48. The first-order chi connectivity index (χ1) is 16.1. The third kappa shape index (κ3) is 6.16. The minimum Gasteiger partial charge on any atom is -0.490 e. The molecular formula is C25H25N3O5. The number of amides is 3. The second-order valence-electron chi connectivity index (χ2n) is 7.51. The van der Waals surface area contributed by atoms with Gasteiger partial charge in [-0.25, -0.2) is 4.79 Å². The van der Waals surface area contributed by atoms with Crippen molar-refractivity contribution in [1.82, 2.24) is 5.32 Å². The predicted octanol–water partition coefficient (Wildman–Crippen LogP) is 4.38. The first-order valence-corrected chi connectivity index (χ1v) is 10.7. The average molecular weight is 447 g/mol. The third-order valence-electron chi connectivity index (χ3n) is 4.98. The molecule has 0 aliphatic carbocycles. The molecule has 0 bridgehead atoms. The number of nitrogens with two attached hydrogens (primary N) is 1. The van der Waals surface area contributed by atoms with E-state index in [1.165, 1.54) is 0 Å². The first kappa shape index (κ1) is 22.0. The molecule has 0 unspecified atom stereocenters. The molecule has 3 aromatic carbocycles. The number of carbonyl (C=O) groups is 2. The van der Waals surface area contributed by atoms with Gasteiger partial charge in [-0.3, -0.25) is 4.79 Å². The highest BCUT2D eigenvalue weighted by atomic mass is 16.5. The lowest BCUT2D eigenvalue weighted by molar-refractivity contribution is -0.116. The van der Waals surface area contributed by atoms with E-state index in [2.05, 4.69) is 10.6 Å². The average Bonchev–Trinajstić information content (AvgIpc) is 3.04. The van der Waals surface area contributed by atoms with Gasteiger partial charge >= 0.3 is 6.03 Å². The molecule has 1 heterocycles. The summed E-state index contributed by atoms with van der Waals surface area (Å²) in [5.74, 6) is 2.20. The molecule has 0 saturated heterocycles. The Labute approximate surface area is 191 Å². The van der Waals surface area contributed by atoms with Gasteiger partial charge in [0.2, 0.25) is 5.91 Å². The third-order valence-corrected chi connectivity index (χ3v) is 4.98. The summed E-state index contributed by atoms with van der Waals surface area (Å²) in [7, 11) is 0. The zero-order valence-electron chi connectivity index (χ0n) is 18.0. The van der Waals surface area contributed by atoms with E-state index in [0.29, 0.717) is 47.5 Å². The lowest BCUT2D eigenvalue weighted by Crippen LogP contribution is -2.35. The van der Waals surface area contributed by atoms with E-state index < -0.39 is 12.1 Å². The van der Waals surface area contributed by atoms with Crippen molar-refractivity contribution in [3.05, 3.63) is 78.4 Å².